The summed E-state index contributed by atoms with van der Waals surface area (Å²) < 4.78 is 42.1. The van der Waals surface area contributed by atoms with Gasteiger partial charge in [0.15, 0.2) is 0 Å². The number of aliphatic hydroxyl groups is 1. The molecule has 0 bridgehead atoms. The van der Waals surface area contributed by atoms with Gasteiger partial charge < -0.3 is 10.4 Å². The van der Waals surface area contributed by atoms with Gasteiger partial charge in [-0.1, -0.05) is 46.3 Å². The standard InChI is InChI=1S/C21H18BrFN2O4S/c22-15-6-8-19(18(23)10-15)24-21(27)20-11-16(26)12-25(20)30(28,29)17-7-5-13-3-1-2-4-14(13)9-17/h1-10,16,20,26H,11-12H2,(H,24,27)/t16-,20+/m0/s1. The first kappa shape index (κ1) is 20.9. The Morgan fingerprint density at radius 1 is 1.10 bits per heavy atom. The summed E-state index contributed by atoms with van der Waals surface area (Å²) in [6.45, 7) is -0.212. The number of aliphatic hydroxyl groups excluding tert-OH is 1. The first-order chi connectivity index (χ1) is 14.3. The molecule has 1 amide bonds. The number of sulfonamides is 1. The molecule has 0 saturated carbocycles. The lowest BCUT2D eigenvalue weighted by atomic mass is 10.1. The molecule has 3 aromatic rings. The number of rotatable bonds is 4. The van der Waals surface area contributed by atoms with Gasteiger partial charge in [-0.25, -0.2) is 12.8 Å². The number of hydrogen-bond acceptors (Lipinski definition) is 4. The third-order valence-corrected chi connectivity index (χ3v) is 7.42. The van der Waals surface area contributed by atoms with E-state index in [4.69, 9.17) is 0 Å². The summed E-state index contributed by atoms with van der Waals surface area (Å²) in [6.07, 6.45) is -1.07. The maximum absolute atomic E-state index is 14.1. The maximum Gasteiger partial charge on any atom is 0.243 e. The predicted molar refractivity (Wildman–Crippen MR) is 115 cm³/mol. The molecule has 1 heterocycles. The van der Waals surface area contributed by atoms with E-state index >= 15 is 0 Å². The van der Waals surface area contributed by atoms with Crippen molar-refractivity contribution in [2.45, 2.75) is 23.5 Å². The van der Waals surface area contributed by atoms with E-state index < -0.39 is 33.9 Å². The number of fused-ring (bicyclic) bond motifs is 1. The van der Waals surface area contributed by atoms with Crippen LogP contribution in [0.5, 0.6) is 0 Å². The lowest BCUT2D eigenvalue weighted by Gasteiger charge is -2.23. The van der Waals surface area contributed by atoms with E-state index in [1.165, 1.54) is 18.2 Å². The summed E-state index contributed by atoms with van der Waals surface area (Å²) >= 11 is 3.14. The molecular formula is C21H18BrFN2O4S. The minimum absolute atomic E-state index is 0.0305. The largest absolute Gasteiger partial charge is 0.392 e. The van der Waals surface area contributed by atoms with E-state index in [1.54, 1.807) is 30.3 Å². The summed E-state index contributed by atoms with van der Waals surface area (Å²) in [5, 5.41) is 14.2. The van der Waals surface area contributed by atoms with Crippen molar-refractivity contribution >= 4 is 48.3 Å². The van der Waals surface area contributed by atoms with E-state index in [0.717, 1.165) is 15.1 Å². The molecule has 1 fully saturated rings. The smallest absolute Gasteiger partial charge is 0.243 e. The number of amides is 1. The average molecular weight is 493 g/mol. The molecule has 2 N–H and O–H groups in total. The van der Waals surface area contributed by atoms with E-state index in [-0.39, 0.29) is 23.5 Å². The molecule has 0 radical (unpaired) electrons. The molecule has 3 aromatic carbocycles. The highest BCUT2D eigenvalue weighted by Crippen LogP contribution is 2.29. The minimum Gasteiger partial charge on any atom is -0.392 e. The number of β-amino-alcohol motifs (C(OH)–C–C–N with tert-alkyl or cyclic N) is 1. The van der Waals surface area contributed by atoms with Gasteiger partial charge >= 0.3 is 0 Å². The summed E-state index contributed by atoms with van der Waals surface area (Å²) in [6, 6.07) is 15.0. The third-order valence-electron chi connectivity index (χ3n) is 5.05. The zero-order chi connectivity index (χ0) is 21.5. The Labute approximate surface area is 181 Å². The first-order valence-corrected chi connectivity index (χ1v) is 11.4. The molecular weight excluding hydrogens is 475 g/mol. The second-order valence-corrected chi connectivity index (χ2v) is 9.91. The predicted octanol–water partition coefficient (Wildman–Crippen LogP) is 3.50. The second kappa shape index (κ2) is 8.07. The van der Waals surface area contributed by atoms with Gasteiger partial charge in [0.05, 0.1) is 16.7 Å². The van der Waals surface area contributed by atoms with Crippen LogP contribution in [0, 0.1) is 5.82 Å². The normalized spacial score (nSPS) is 19.8. The van der Waals surface area contributed by atoms with Gasteiger partial charge in [0.1, 0.15) is 11.9 Å². The highest BCUT2D eigenvalue weighted by molar-refractivity contribution is 9.10. The molecule has 2 atom stereocenters. The topological polar surface area (TPSA) is 86.7 Å². The summed E-state index contributed by atoms with van der Waals surface area (Å²) in [5.74, 6) is -1.35. The number of hydrogen-bond donors (Lipinski definition) is 2. The quantitative estimate of drug-likeness (QED) is 0.583. The zero-order valence-corrected chi connectivity index (χ0v) is 18.0. The molecule has 1 saturated heterocycles. The van der Waals surface area contributed by atoms with Gasteiger partial charge in [-0.2, -0.15) is 4.31 Å². The molecule has 0 unspecified atom stereocenters. The van der Waals surface area contributed by atoms with E-state index in [2.05, 4.69) is 21.2 Å². The van der Waals surface area contributed by atoms with Crippen LogP contribution in [0.1, 0.15) is 6.42 Å². The van der Waals surface area contributed by atoms with Crippen LogP contribution < -0.4 is 5.32 Å². The number of carbonyl (C=O) groups excluding carboxylic acids is 1. The number of nitrogens with one attached hydrogen (secondary N) is 1. The van der Waals surface area contributed by atoms with Gasteiger partial charge in [-0.3, -0.25) is 4.79 Å². The van der Waals surface area contributed by atoms with Gasteiger partial charge in [-0.05, 0) is 41.1 Å². The summed E-state index contributed by atoms with van der Waals surface area (Å²) in [4.78, 5) is 12.8. The monoisotopic (exact) mass is 492 g/mol. The lowest BCUT2D eigenvalue weighted by molar-refractivity contribution is -0.119. The highest BCUT2D eigenvalue weighted by Gasteiger charge is 2.43. The zero-order valence-electron chi connectivity index (χ0n) is 15.6. The number of anilines is 1. The number of nitrogens with zero attached hydrogens (tertiary/aromatic N) is 1. The van der Waals surface area contributed by atoms with Crippen molar-refractivity contribution in [3.05, 3.63) is 71.0 Å². The fraction of sp³-hybridized carbons (Fsp3) is 0.190. The van der Waals surface area contributed by atoms with Crippen molar-refractivity contribution in [3.63, 3.8) is 0 Å². The molecule has 0 aliphatic carbocycles. The van der Waals surface area contributed by atoms with Gasteiger partial charge in [-0.15, -0.1) is 0 Å². The van der Waals surface area contributed by atoms with Crippen LogP contribution in [0.2, 0.25) is 0 Å². The Hall–Kier alpha value is -2.33. The molecule has 0 aromatic heterocycles. The maximum atomic E-state index is 14.1. The number of carbonyl (C=O) groups is 1. The average Bonchev–Trinajstić information content (AvgIpc) is 3.12. The van der Waals surface area contributed by atoms with Gasteiger partial charge in [0, 0.05) is 17.4 Å². The van der Waals surface area contributed by atoms with Crippen LogP contribution >= 0.6 is 15.9 Å². The van der Waals surface area contributed by atoms with E-state index in [9.17, 15) is 22.7 Å². The number of halogens is 2. The van der Waals surface area contributed by atoms with Crippen LogP contribution in [0.3, 0.4) is 0 Å². The molecule has 6 nitrogen and oxygen atoms in total. The fourth-order valence-electron chi connectivity index (χ4n) is 3.56. The molecule has 1 aliphatic heterocycles. The minimum atomic E-state index is -4.06. The van der Waals surface area contributed by atoms with Crippen LogP contribution in [0.4, 0.5) is 10.1 Å². The van der Waals surface area contributed by atoms with Crippen molar-refractivity contribution in [2.24, 2.45) is 0 Å². The highest BCUT2D eigenvalue weighted by atomic mass is 79.9. The van der Waals surface area contributed by atoms with E-state index in [1.807, 2.05) is 12.1 Å². The van der Waals surface area contributed by atoms with Gasteiger partial charge in [0.2, 0.25) is 15.9 Å². The van der Waals surface area contributed by atoms with Crippen LogP contribution in [-0.4, -0.2) is 42.4 Å². The summed E-state index contributed by atoms with van der Waals surface area (Å²) in [5.41, 5.74) is -0.0624. The molecule has 9 heteroatoms. The van der Waals surface area contributed by atoms with Crippen molar-refractivity contribution in [2.75, 3.05) is 11.9 Å². The first-order valence-electron chi connectivity index (χ1n) is 9.20. The van der Waals surface area contributed by atoms with Crippen molar-refractivity contribution in [3.8, 4) is 0 Å². The SMILES string of the molecule is O=C(Nc1ccc(Br)cc1F)[C@H]1C[C@H](O)CN1S(=O)(=O)c1ccc2ccccc2c1. The Morgan fingerprint density at radius 2 is 1.83 bits per heavy atom. The third kappa shape index (κ3) is 3.98. The lowest BCUT2D eigenvalue weighted by Crippen LogP contribution is -2.43. The van der Waals surface area contributed by atoms with Crippen molar-refractivity contribution in [1.29, 1.82) is 0 Å². The van der Waals surface area contributed by atoms with Crippen molar-refractivity contribution < 1.29 is 22.7 Å². The fourth-order valence-corrected chi connectivity index (χ4v) is 5.56. The molecule has 156 valence electrons. The molecule has 4 rings (SSSR count). The molecule has 0 spiro atoms. The summed E-state index contributed by atoms with van der Waals surface area (Å²) in [7, 11) is -4.06. The van der Waals surface area contributed by atoms with Crippen LogP contribution in [-0.2, 0) is 14.8 Å². The van der Waals surface area contributed by atoms with Gasteiger partial charge in [0.25, 0.3) is 0 Å². The Balaban J connectivity index is 1.64. The second-order valence-electron chi connectivity index (χ2n) is 7.10. The number of benzene rings is 3. The molecule has 30 heavy (non-hydrogen) atoms. The van der Waals surface area contributed by atoms with Crippen LogP contribution in [0.25, 0.3) is 10.8 Å². The Bertz CT molecular complexity index is 1230. The Morgan fingerprint density at radius 3 is 2.57 bits per heavy atom. The Kier molecular flexibility index (Phi) is 5.63. The van der Waals surface area contributed by atoms with E-state index in [0.29, 0.717) is 4.47 Å². The van der Waals surface area contributed by atoms with Crippen molar-refractivity contribution in [1.82, 2.24) is 4.31 Å². The van der Waals surface area contributed by atoms with Crippen LogP contribution in [0.15, 0.2) is 70.0 Å². The molecule has 1 aliphatic rings.